The maximum Gasteiger partial charge on any atom is 0.253 e. The summed E-state index contributed by atoms with van der Waals surface area (Å²) in [6.07, 6.45) is 7.29. The molecule has 0 radical (unpaired) electrons. The molecule has 0 unspecified atom stereocenters. The zero-order valence-corrected chi connectivity index (χ0v) is 17.0. The summed E-state index contributed by atoms with van der Waals surface area (Å²) in [4.78, 5) is 29.3. The first kappa shape index (κ1) is 19.9. The molecule has 27 heavy (non-hydrogen) atoms. The number of likely N-dealkylation sites (tertiary alicyclic amines) is 1. The zero-order chi connectivity index (χ0) is 19.2. The summed E-state index contributed by atoms with van der Waals surface area (Å²) in [5, 5.41) is 0. The summed E-state index contributed by atoms with van der Waals surface area (Å²) >= 11 is 0. The highest BCUT2D eigenvalue weighted by atomic mass is 16.2. The number of carbonyl (C=O) groups is 2. The minimum Gasteiger partial charge on any atom is -0.342 e. The van der Waals surface area contributed by atoms with Crippen molar-refractivity contribution >= 4 is 11.8 Å². The minimum atomic E-state index is 0.142. The van der Waals surface area contributed by atoms with E-state index in [2.05, 4.69) is 11.8 Å². The SMILES string of the molecule is CCCN(CC1CC1)C(=O)CCC1CCN(C(=O)c2ccc(C)cc2)CC1. The summed E-state index contributed by atoms with van der Waals surface area (Å²) in [5.74, 6) is 1.81. The first-order valence-corrected chi connectivity index (χ1v) is 10.7. The molecule has 148 valence electrons. The highest BCUT2D eigenvalue weighted by molar-refractivity contribution is 5.94. The Morgan fingerprint density at radius 2 is 1.70 bits per heavy atom. The van der Waals surface area contributed by atoms with Crippen LogP contribution >= 0.6 is 0 Å². The molecule has 1 saturated heterocycles. The highest BCUT2D eigenvalue weighted by Crippen LogP contribution is 2.30. The van der Waals surface area contributed by atoms with Crippen molar-refractivity contribution in [3.63, 3.8) is 0 Å². The fourth-order valence-electron chi connectivity index (χ4n) is 3.99. The van der Waals surface area contributed by atoms with Gasteiger partial charge < -0.3 is 9.80 Å². The number of piperidine rings is 1. The Kier molecular flexibility index (Phi) is 6.92. The fraction of sp³-hybridized carbons (Fsp3) is 0.652. The monoisotopic (exact) mass is 370 g/mol. The number of carbonyl (C=O) groups excluding carboxylic acids is 2. The van der Waals surface area contributed by atoms with Gasteiger partial charge in [0, 0.05) is 38.2 Å². The number of rotatable bonds is 8. The maximum atomic E-state index is 12.6. The molecule has 1 aromatic rings. The molecular formula is C23H34N2O2. The summed E-state index contributed by atoms with van der Waals surface area (Å²) in [6, 6.07) is 7.83. The molecule has 3 rings (SSSR count). The second-order valence-electron chi connectivity index (χ2n) is 8.42. The van der Waals surface area contributed by atoms with Gasteiger partial charge in [-0.2, -0.15) is 0 Å². The Hall–Kier alpha value is -1.84. The Morgan fingerprint density at radius 3 is 2.30 bits per heavy atom. The Labute approximate surface area is 163 Å². The summed E-state index contributed by atoms with van der Waals surface area (Å²) in [6.45, 7) is 7.68. The second kappa shape index (κ2) is 9.38. The van der Waals surface area contributed by atoms with E-state index < -0.39 is 0 Å². The van der Waals surface area contributed by atoms with Gasteiger partial charge in [-0.15, -0.1) is 0 Å². The number of hydrogen-bond acceptors (Lipinski definition) is 2. The van der Waals surface area contributed by atoms with Crippen molar-refractivity contribution in [2.75, 3.05) is 26.2 Å². The lowest BCUT2D eigenvalue weighted by atomic mass is 9.91. The molecule has 1 heterocycles. The summed E-state index contributed by atoms with van der Waals surface area (Å²) < 4.78 is 0. The molecule has 2 amide bonds. The normalized spacial score (nSPS) is 17.8. The Balaban J connectivity index is 1.41. The quantitative estimate of drug-likeness (QED) is 0.685. The van der Waals surface area contributed by atoms with Crippen LogP contribution in [-0.4, -0.2) is 47.8 Å². The van der Waals surface area contributed by atoms with Crippen LogP contribution in [0.25, 0.3) is 0 Å². The van der Waals surface area contributed by atoms with E-state index >= 15 is 0 Å². The van der Waals surface area contributed by atoms with Crippen LogP contribution in [0.4, 0.5) is 0 Å². The van der Waals surface area contributed by atoms with Crippen LogP contribution in [0.2, 0.25) is 0 Å². The predicted octanol–water partition coefficient (Wildman–Crippen LogP) is 4.28. The van der Waals surface area contributed by atoms with Crippen molar-refractivity contribution < 1.29 is 9.59 Å². The Bertz CT molecular complexity index is 628. The van der Waals surface area contributed by atoms with E-state index in [0.29, 0.717) is 18.2 Å². The lowest BCUT2D eigenvalue weighted by Gasteiger charge is -2.32. The van der Waals surface area contributed by atoms with E-state index in [-0.39, 0.29) is 5.91 Å². The molecule has 1 aliphatic carbocycles. The molecule has 0 N–H and O–H groups in total. The van der Waals surface area contributed by atoms with Gasteiger partial charge in [0.2, 0.25) is 5.91 Å². The molecule has 4 nitrogen and oxygen atoms in total. The van der Waals surface area contributed by atoms with E-state index in [9.17, 15) is 9.59 Å². The number of amides is 2. The van der Waals surface area contributed by atoms with Gasteiger partial charge in [0.1, 0.15) is 0 Å². The summed E-state index contributed by atoms with van der Waals surface area (Å²) in [7, 11) is 0. The van der Waals surface area contributed by atoms with Crippen molar-refractivity contribution in [2.45, 2.75) is 58.8 Å². The smallest absolute Gasteiger partial charge is 0.253 e. The van der Waals surface area contributed by atoms with Gasteiger partial charge in [-0.25, -0.2) is 0 Å². The Morgan fingerprint density at radius 1 is 1.04 bits per heavy atom. The van der Waals surface area contributed by atoms with Crippen LogP contribution in [0, 0.1) is 18.8 Å². The average molecular weight is 371 g/mol. The van der Waals surface area contributed by atoms with E-state index in [1.165, 1.54) is 18.4 Å². The van der Waals surface area contributed by atoms with Crippen LogP contribution in [0.5, 0.6) is 0 Å². The van der Waals surface area contributed by atoms with Crippen LogP contribution in [-0.2, 0) is 4.79 Å². The molecule has 0 spiro atoms. The predicted molar refractivity (Wildman–Crippen MR) is 109 cm³/mol. The van der Waals surface area contributed by atoms with Gasteiger partial charge in [0.25, 0.3) is 5.91 Å². The topological polar surface area (TPSA) is 40.6 Å². The molecular weight excluding hydrogens is 336 g/mol. The van der Waals surface area contributed by atoms with Crippen LogP contribution in [0.1, 0.15) is 67.8 Å². The minimum absolute atomic E-state index is 0.142. The third-order valence-corrected chi connectivity index (χ3v) is 5.99. The molecule has 1 aromatic carbocycles. The third kappa shape index (κ3) is 5.82. The van der Waals surface area contributed by atoms with E-state index in [4.69, 9.17) is 0 Å². The van der Waals surface area contributed by atoms with E-state index in [1.807, 2.05) is 36.1 Å². The summed E-state index contributed by atoms with van der Waals surface area (Å²) in [5.41, 5.74) is 1.96. The van der Waals surface area contributed by atoms with Gasteiger partial charge >= 0.3 is 0 Å². The maximum absolute atomic E-state index is 12.6. The van der Waals surface area contributed by atoms with Crippen LogP contribution < -0.4 is 0 Å². The number of hydrogen-bond donors (Lipinski definition) is 0. The van der Waals surface area contributed by atoms with Crippen LogP contribution in [0.3, 0.4) is 0 Å². The number of benzene rings is 1. The van der Waals surface area contributed by atoms with Crippen molar-refractivity contribution in [3.05, 3.63) is 35.4 Å². The number of nitrogens with zero attached hydrogens (tertiary/aromatic N) is 2. The van der Waals surface area contributed by atoms with Crippen molar-refractivity contribution in [2.24, 2.45) is 11.8 Å². The molecule has 4 heteroatoms. The number of aryl methyl sites for hydroxylation is 1. The third-order valence-electron chi connectivity index (χ3n) is 5.99. The molecule has 0 bridgehead atoms. The fourth-order valence-corrected chi connectivity index (χ4v) is 3.99. The standard InChI is InChI=1S/C23H34N2O2/c1-3-14-25(17-20-6-7-20)22(26)11-8-19-12-15-24(16-13-19)23(27)21-9-4-18(2)5-10-21/h4-5,9-10,19-20H,3,6-8,11-17H2,1-2H3. The van der Waals surface area contributed by atoms with Gasteiger partial charge in [0.05, 0.1) is 0 Å². The molecule has 2 aliphatic rings. The van der Waals surface area contributed by atoms with Crippen molar-refractivity contribution in [3.8, 4) is 0 Å². The van der Waals surface area contributed by atoms with Gasteiger partial charge in [-0.05, 0) is 69.4 Å². The second-order valence-corrected chi connectivity index (χ2v) is 8.42. The molecule has 2 fully saturated rings. The molecule has 1 saturated carbocycles. The van der Waals surface area contributed by atoms with Crippen molar-refractivity contribution in [1.82, 2.24) is 9.80 Å². The molecule has 1 aliphatic heterocycles. The van der Waals surface area contributed by atoms with Gasteiger partial charge in [0.15, 0.2) is 0 Å². The molecule has 0 aromatic heterocycles. The van der Waals surface area contributed by atoms with Crippen LogP contribution in [0.15, 0.2) is 24.3 Å². The van der Waals surface area contributed by atoms with E-state index in [1.54, 1.807) is 0 Å². The first-order chi connectivity index (χ1) is 13.1. The van der Waals surface area contributed by atoms with Gasteiger partial charge in [-0.3, -0.25) is 9.59 Å². The average Bonchev–Trinajstić information content (AvgIpc) is 3.50. The zero-order valence-electron chi connectivity index (χ0n) is 17.0. The largest absolute Gasteiger partial charge is 0.342 e. The molecule has 0 atom stereocenters. The lowest BCUT2D eigenvalue weighted by Crippen LogP contribution is -2.39. The lowest BCUT2D eigenvalue weighted by molar-refractivity contribution is -0.131. The van der Waals surface area contributed by atoms with Crippen molar-refractivity contribution in [1.29, 1.82) is 0 Å². The highest BCUT2D eigenvalue weighted by Gasteiger charge is 2.28. The van der Waals surface area contributed by atoms with Gasteiger partial charge in [-0.1, -0.05) is 24.6 Å². The first-order valence-electron chi connectivity index (χ1n) is 10.7. The van der Waals surface area contributed by atoms with E-state index in [0.717, 1.165) is 63.3 Å².